The van der Waals surface area contributed by atoms with Crippen molar-refractivity contribution in [3.63, 3.8) is 0 Å². The summed E-state index contributed by atoms with van der Waals surface area (Å²) in [4.78, 5) is 0. The Bertz CT molecular complexity index is 354. The molecular formula is C11H18O3S. The van der Waals surface area contributed by atoms with Crippen molar-refractivity contribution in [1.29, 1.82) is 0 Å². The fraction of sp³-hybridized carbons (Fsp3) is 0.636. The molecule has 1 N–H and O–H groups in total. The molecular weight excluding hydrogens is 212 g/mol. The minimum absolute atomic E-state index is 0.381. The van der Waals surface area contributed by atoms with Crippen LogP contribution in [0.4, 0.5) is 0 Å². The second-order valence-corrected chi connectivity index (χ2v) is 5.75. The standard InChI is InChI=1S/C11H18O3S/c1-2-3-5-8-11(15(12,13)14)9-6-4-7-10-11/h4,6-7,9H,2-3,5,8,10H2,1H3,(H,12,13,14). The van der Waals surface area contributed by atoms with Crippen LogP contribution in [0.2, 0.25) is 0 Å². The molecule has 0 fully saturated rings. The first-order chi connectivity index (χ1) is 7.02. The van der Waals surface area contributed by atoms with E-state index in [1.165, 1.54) is 0 Å². The Labute approximate surface area is 91.6 Å². The number of allylic oxidation sites excluding steroid dienone is 3. The van der Waals surface area contributed by atoms with E-state index >= 15 is 0 Å². The molecule has 4 heteroatoms. The van der Waals surface area contributed by atoms with Crippen molar-refractivity contribution < 1.29 is 13.0 Å². The minimum Gasteiger partial charge on any atom is -0.285 e. The summed E-state index contributed by atoms with van der Waals surface area (Å²) in [5.41, 5.74) is 0. The van der Waals surface area contributed by atoms with Crippen molar-refractivity contribution in [2.75, 3.05) is 0 Å². The van der Waals surface area contributed by atoms with Crippen molar-refractivity contribution in [2.45, 2.75) is 43.8 Å². The van der Waals surface area contributed by atoms with Gasteiger partial charge in [0, 0.05) is 0 Å². The molecule has 0 aromatic rings. The quantitative estimate of drug-likeness (QED) is 0.583. The second kappa shape index (κ2) is 4.94. The molecule has 1 rings (SSSR count). The predicted molar refractivity (Wildman–Crippen MR) is 61.3 cm³/mol. The fourth-order valence-corrected chi connectivity index (χ4v) is 2.78. The zero-order chi connectivity index (χ0) is 11.4. The molecule has 0 saturated carbocycles. The van der Waals surface area contributed by atoms with E-state index in [2.05, 4.69) is 6.92 Å². The van der Waals surface area contributed by atoms with Gasteiger partial charge in [-0.3, -0.25) is 4.55 Å². The Morgan fingerprint density at radius 2 is 2.07 bits per heavy atom. The van der Waals surface area contributed by atoms with E-state index in [1.807, 2.05) is 6.08 Å². The van der Waals surface area contributed by atoms with Crippen LogP contribution in [0.25, 0.3) is 0 Å². The summed E-state index contributed by atoms with van der Waals surface area (Å²) in [5, 5.41) is 0. The Morgan fingerprint density at radius 3 is 2.53 bits per heavy atom. The van der Waals surface area contributed by atoms with Crippen LogP contribution < -0.4 is 0 Å². The highest BCUT2D eigenvalue weighted by Crippen LogP contribution is 2.32. The molecule has 0 aliphatic heterocycles. The Morgan fingerprint density at radius 1 is 1.33 bits per heavy atom. The number of rotatable bonds is 5. The number of unbranched alkanes of at least 4 members (excludes halogenated alkanes) is 2. The van der Waals surface area contributed by atoms with Crippen molar-refractivity contribution in [3.8, 4) is 0 Å². The van der Waals surface area contributed by atoms with Gasteiger partial charge in [0.2, 0.25) is 0 Å². The van der Waals surface area contributed by atoms with Gasteiger partial charge in [-0.05, 0) is 12.8 Å². The predicted octanol–water partition coefficient (Wildman–Crippen LogP) is 2.71. The van der Waals surface area contributed by atoms with Gasteiger partial charge in [0.1, 0.15) is 4.75 Å². The summed E-state index contributed by atoms with van der Waals surface area (Å²) in [6.07, 6.45) is 10.7. The first-order valence-corrected chi connectivity index (χ1v) is 6.77. The normalized spacial score (nSPS) is 25.7. The molecule has 0 bridgehead atoms. The summed E-state index contributed by atoms with van der Waals surface area (Å²) in [6.45, 7) is 2.07. The monoisotopic (exact) mass is 230 g/mol. The van der Waals surface area contributed by atoms with E-state index in [0.717, 1.165) is 19.3 Å². The molecule has 1 aliphatic rings. The SMILES string of the molecule is CCCCCC1(S(=O)(=O)O)C=CC=CC1. The fourth-order valence-electron chi connectivity index (χ4n) is 1.82. The lowest BCUT2D eigenvalue weighted by atomic mass is 9.93. The van der Waals surface area contributed by atoms with Gasteiger partial charge in [-0.2, -0.15) is 8.42 Å². The summed E-state index contributed by atoms with van der Waals surface area (Å²) < 4.78 is 31.0. The average molecular weight is 230 g/mol. The lowest BCUT2D eigenvalue weighted by Gasteiger charge is -2.27. The second-order valence-electron chi connectivity index (χ2n) is 3.99. The molecule has 86 valence electrons. The topological polar surface area (TPSA) is 54.4 Å². The molecule has 0 amide bonds. The summed E-state index contributed by atoms with van der Waals surface area (Å²) in [6, 6.07) is 0. The third-order valence-electron chi connectivity index (χ3n) is 2.83. The highest BCUT2D eigenvalue weighted by atomic mass is 32.2. The van der Waals surface area contributed by atoms with Crippen molar-refractivity contribution in [2.24, 2.45) is 0 Å². The van der Waals surface area contributed by atoms with Gasteiger partial charge in [0.25, 0.3) is 10.1 Å². The maximum Gasteiger partial charge on any atom is 0.274 e. The molecule has 1 aliphatic carbocycles. The lowest BCUT2D eigenvalue weighted by Crippen LogP contribution is -2.36. The average Bonchev–Trinajstić information content (AvgIpc) is 2.18. The Kier molecular flexibility index (Phi) is 4.11. The first kappa shape index (κ1) is 12.5. The van der Waals surface area contributed by atoms with Crippen LogP contribution >= 0.6 is 0 Å². The first-order valence-electron chi connectivity index (χ1n) is 5.33. The number of hydrogen-bond acceptors (Lipinski definition) is 2. The summed E-state index contributed by atoms with van der Waals surface area (Å²) >= 11 is 0. The molecule has 0 aromatic carbocycles. The van der Waals surface area contributed by atoms with Gasteiger partial charge in [0.15, 0.2) is 0 Å². The van der Waals surface area contributed by atoms with Crippen molar-refractivity contribution in [1.82, 2.24) is 0 Å². The van der Waals surface area contributed by atoms with E-state index in [9.17, 15) is 13.0 Å². The Balaban J connectivity index is 2.79. The van der Waals surface area contributed by atoms with Crippen LogP contribution in [0, 0.1) is 0 Å². The maximum atomic E-state index is 11.4. The van der Waals surface area contributed by atoms with E-state index < -0.39 is 14.9 Å². The largest absolute Gasteiger partial charge is 0.285 e. The number of hydrogen-bond donors (Lipinski definition) is 1. The van der Waals surface area contributed by atoms with E-state index in [4.69, 9.17) is 0 Å². The van der Waals surface area contributed by atoms with Gasteiger partial charge in [0.05, 0.1) is 0 Å². The van der Waals surface area contributed by atoms with Gasteiger partial charge < -0.3 is 0 Å². The van der Waals surface area contributed by atoms with E-state index in [0.29, 0.717) is 12.8 Å². The summed E-state index contributed by atoms with van der Waals surface area (Å²) in [7, 11) is -4.01. The molecule has 3 nitrogen and oxygen atoms in total. The molecule has 1 atom stereocenters. The molecule has 0 radical (unpaired) electrons. The molecule has 0 spiro atoms. The molecule has 0 heterocycles. The minimum atomic E-state index is -4.01. The molecule has 0 aromatic heterocycles. The smallest absolute Gasteiger partial charge is 0.274 e. The van der Waals surface area contributed by atoms with Crippen LogP contribution in [0.5, 0.6) is 0 Å². The van der Waals surface area contributed by atoms with E-state index in [1.54, 1.807) is 18.2 Å². The zero-order valence-corrected chi connectivity index (χ0v) is 9.83. The lowest BCUT2D eigenvalue weighted by molar-refractivity contribution is 0.428. The molecule has 15 heavy (non-hydrogen) atoms. The highest BCUT2D eigenvalue weighted by molar-refractivity contribution is 7.87. The van der Waals surface area contributed by atoms with Crippen LogP contribution in [-0.4, -0.2) is 17.7 Å². The van der Waals surface area contributed by atoms with Gasteiger partial charge in [-0.25, -0.2) is 0 Å². The summed E-state index contributed by atoms with van der Waals surface area (Å²) in [5.74, 6) is 0. The van der Waals surface area contributed by atoms with Crippen LogP contribution in [0.3, 0.4) is 0 Å². The van der Waals surface area contributed by atoms with Crippen LogP contribution in [-0.2, 0) is 10.1 Å². The molecule has 0 saturated heterocycles. The van der Waals surface area contributed by atoms with Crippen LogP contribution in [0.15, 0.2) is 24.3 Å². The highest BCUT2D eigenvalue weighted by Gasteiger charge is 2.39. The maximum absolute atomic E-state index is 11.4. The Hall–Kier alpha value is -0.610. The van der Waals surface area contributed by atoms with Gasteiger partial charge in [-0.15, -0.1) is 0 Å². The van der Waals surface area contributed by atoms with Crippen molar-refractivity contribution >= 4 is 10.1 Å². The van der Waals surface area contributed by atoms with Crippen molar-refractivity contribution in [3.05, 3.63) is 24.3 Å². The zero-order valence-electron chi connectivity index (χ0n) is 9.02. The van der Waals surface area contributed by atoms with Gasteiger partial charge in [-0.1, -0.05) is 50.5 Å². The van der Waals surface area contributed by atoms with Gasteiger partial charge >= 0.3 is 0 Å². The third kappa shape index (κ3) is 2.92. The van der Waals surface area contributed by atoms with E-state index in [-0.39, 0.29) is 0 Å². The van der Waals surface area contributed by atoms with Crippen LogP contribution in [0.1, 0.15) is 39.0 Å². The third-order valence-corrected chi connectivity index (χ3v) is 4.36. The molecule has 1 unspecified atom stereocenters.